The van der Waals surface area contributed by atoms with Crippen LogP contribution in [-0.4, -0.2) is 6.29 Å². The molecule has 0 heterocycles. The normalized spacial score (nSPS) is 18.4. The van der Waals surface area contributed by atoms with Crippen LogP contribution in [0.3, 0.4) is 0 Å². The monoisotopic (exact) mass is 122 g/mol. The number of hydrogen-bond acceptors (Lipinski definition) is 1. The van der Waals surface area contributed by atoms with Crippen LogP contribution in [0, 0.1) is 0 Å². The molecule has 0 saturated carbocycles. The second-order valence-corrected chi connectivity index (χ2v) is 2.17. The van der Waals surface area contributed by atoms with Crippen molar-refractivity contribution in [1.82, 2.24) is 0 Å². The van der Waals surface area contributed by atoms with Crippen LogP contribution < -0.4 is 0 Å². The van der Waals surface area contributed by atoms with Gasteiger partial charge in [-0.2, -0.15) is 0 Å². The van der Waals surface area contributed by atoms with Gasteiger partial charge in [-0.15, -0.1) is 0 Å². The zero-order valence-corrected chi connectivity index (χ0v) is 5.34. The molecule has 0 bridgehead atoms. The first-order valence-electron chi connectivity index (χ1n) is 3.24. The summed E-state index contributed by atoms with van der Waals surface area (Å²) in [5, 5.41) is 0. The lowest BCUT2D eigenvalue weighted by Gasteiger charge is -1.85. The van der Waals surface area contributed by atoms with Crippen LogP contribution in [0.4, 0.5) is 0 Å². The molecule has 1 heteroatoms. The molecule has 0 aliphatic heterocycles. The van der Waals surface area contributed by atoms with Gasteiger partial charge < -0.3 is 0 Å². The van der Waals surface area contributed by atoms with Gasteiger partial charge in [0.2, 0.25) is 0 Å². The van der Waals surface area contributed by atoms with Crippen molar-refractivity contribution in [2.75, 3.05) is 0 Å². The van der Waals surface area contributed by atoms with Crippen LogP contribution >= 0.6 is 0 Å². The lowest BCUT2D eigenvalue weighted by molar-refractivity contribution is -0.104. The van der Waals surface area contributed by atoms with Crippen molar-refractivity contribution in [3.05, 3.63) is 23.8 Å². The zero-order chi connectivity index (χ0) is 6.53. The Balaban J connectivity index is 2.42. The van der Waals surface area contributed by atoms with Crippen molar-refractivity contribution in [3.63, 3.8) is 0 Å². The molecule has 0 unspecified atom stereocenters. The van der Waals surface area contributed by atoms with Gasteiger partial charge in [-0.25, -0.2) is 0 Å². The number of hydrogen-bond donors (Lipinski definition) is 0. The molecular weight excluding hydrogens is 112 g/mol. The number of rotatable bonds is 2. The van der Waals surface area contributed by atoms with Crippen molar-refractivity contribution in [3.8, 4) is 0 Å². The highest BCUT2D eigenvalue weighted by Gasteiger charge is 1.98. The predicted molar refractivity (Wildman–Crippen MR) is 37.1 cm³/mol. The van der Waals surface area contributed by atoms with Crippen molar-refractivity contribution in [2.45, 2.75) is 19.3 Å². The number of carbonyl (C=O) groups is 1. The van der Waals surface area contributed by atoms with E-state index in [4.69, 9.17) is 0 Å². The van der Waals surface area contributed by atoms with Crippen LogP contribution in [-0.2, 0) is 4.79 Å². The summed E-state index contributed by atoms with van der Waals surface area (Å²) in [7, 11) is 0. The lowest BCUT2D eigenvalue weighted by Crippen LogP contribution is -1.68. The highest BCUT2D eigenvalue weighted by atomic mass is 16.1. The molecular formula is C8H10O. The molecule has 0 saturated heterocycles. The summed E-state index contributed by atoms with van der Waals surface area (Å²) in [5.41, 5.74) is 1.31. The van der Waals surface area contributed by atoms with Crippen molar-refractivity contribution < 1.29 is 4.79 Å². The minimum absolute atomic E-state index is 0.819. The third-order valence-electron chi connectivity index (χ3n) is 1.46. The van der Waals surface area contributed by atoms with Crippen molar-refractivity contribution >= 4 is 6.29 Å². The molecule has 0 amide bonds. The maximum absolute atomic E-state index is 9.85. The molecule has 0 radical (unpaired) electrons. The van der Waals surface area contributed by atoms with E-state index in [1.165, 1.54) is 18.4 Å². The van der Waals surface area contributed by atoms with Crippen LogP contribution in [0.15, 0.2) is 23.8 Å². The van der Waals surface area contributed by atoms with E-state index in [0.29, 0.717) is 0 Å². The fourth-order valence-corrected chi connectivity index (χ4v) is 1.01. The minimum Gasteiger partial charge on any atom is -0.299 e. The van der Waals surface area contributed by atoms with Gasteiger partial charge in [0.15, 0.2) is 0 Å². The van der Waals surface area contributed by atoms with Gasteiger partial charge in [0.25, 0.3) is 0 Å². The molecule has 0 spiro atoms. The second kappa shape index (κ2) is 3.23. The number of aldehydes is 1. The molecule has 0 aromatic carbocycles. The first kappa shape index (κ1) is 6.27. The topological polar surface area (TPSA) is 17.1 Å². The third-order valence-corrected chi connectivity index (χ3v) is 1.46. The molecule has 1 aliphatic rings. The first-order chi connectivity index (χ1) is 4.43. The number of allylic oxidation sites excluding steroid dienone is 4. The summed E-state index contributed by atoms with van der Waals surface area (Å²) in [4.78, 5) is 9.85. The fraction of sp³-hybridized carbons (Fsp3) is 0.375. The zero-order valence-electron chi connectivity index (χ0n) is 5.34. The quantitative estimate of drug-likeness (QED) is 0.403. The SMILES string of the molecule is O=C/C=C/C1=CCCC1. The molecule has 0 aromatic heterocycles. The first-order valence-corrected chi connectivity index (χ1v) is 3.24. The van der Waals surface area contributed by atoms with Gasteiger partial charge >= 0.3 is 0 Å². The average Bonchev–Trinajstić information content (AvgIpc) is 2.34. The smallest absolute Gasteiger partial charge is 0.142 e. The Hall–Kier alpha value is -0.850. The van der Waals surface area contributed by atoms with Gasteiger partial charge in [-0.05, 0) is 25.3 Å². The Morgan fingerprint density at radius 1 is 1.56 bits per heavy atom. The number of carbonyl (C=O) groups excluding carboxylic acids is 1. The minimum atomic E-state index is 0.819. The van der Waals surface area contributed by atoms with E-state index in [2.05, 4.69) is 6.08 Å². The Bertz CT molecular complexity index is 154. The largest absolute Gasteiger partial charge is 0.299 e. The van der Waals surface area contributed by atoms with E-state index in [-0.39, 0.29) is 0 Å². The Morgan fingerprint density at radius 2 is 2.44 bits per heavy atom. The summed E-state index contributed by atoms with van der Waals surface area (Å²) in [6, 6.07) is 0. The molecule has 0 atom stereocenters. The average molecular weight is 122 g/mol. The maximum Gasteiger partial charge on any atom is 0.142 e. The van der Waals surface area contributed by atoms with Crippen LogP contribution in [0.1, 0.15) is 19.3 Å². The van der Waals surface area contributed by atoms with E-state index in [0.717, 1.165) is 12.7 Å². The van der Waals surface area contributed by atoms with E-state index >= 15 is 0 Å². The highest BCUT2D eigenvalue weighted by Crippen LogP contribution is 2.17. The van der Waals surface area contributed by atoms with E-state index in [1.807, 2.05) is 6.08 Å². The molecule has 48 valence electrons. The molecule has 1 aliphatic carbocycles. The third kappa shape index (κ3) is 1.84. The van der Waals surface area contributed by atoms with Gasteiger partial charge in [0, 0.05) is 0 Å². The predicted octanol–water partition coefficient (Wildman–Crippen LogP) is 1.85. The molecule has 0 N–H and O–H groups in total. The molecule has 1 nitrogen and oxygen atoms in total. The molecule has 0 fully saturated rings. The highest BCUT2D eigenvalue weighted by molar-refractivity contribution is 5.65. The molecule has 9 heavy (non-hydrogen) atoms. The van der Waals surface area contributed by atoms with Crippen molar-refractivity contribution in [2.24, 2.45) is 0 Å². The van der Waals surface area contributed by atoms with Crippen molar-refractivity contribution in [1.29, 1.82) is 0 Å². The standard InChI is InChI=1S/C8H10O/c9-7-3-6-8-4-1-2-5-8/h3-4,6-7H,1-2,5H2/b6-3+. The molecule has 0 aromatic rings. The van der Waals surface area contributed by atoms with E-state index in [9.17, 15) is 4.79 Å². The lowest BCUT2D eigenvalue weighted by atomic mass is 10.2. The van der Waals surface area contributed by atoms with E-state index < -0.39 is 0 Å². The second-order valence-electron chi connectivity index (χ2n) is 2.17. The maximum atomic E-state index is 9.85. The van der Waals surface area contributed by atoms with Gasteiger partial charge in [-0.1, -0.05) is 17.7 Å². The fourth-order valence-electron chi connectivity index (χ4n) is 1.01. The van der Waals surface area contributed by atoms with Gasteiger partial charge in [-0.3, -0.25) is 4.79 Å². The Kier molecular flexibility index (Phi) is 2.25. The van der Waals surface area contributed by atoms with Gasteiger partial charge in [0.1, 0.15) is 6.29 Å². The van der Waals surface area contributed by atoms with Crippen LogP contribution in [0.25, 0.3) is 0 Å². The summed E-state index contributed by atoms with van der Waals surface area (Å²) in [6.07, 6.45) is 10.0. The summed E-state index contributed by atoms with van der Waals surface area (Å²) >= 11 is 0. The summed E-state index contributed by atoms with van der Waals surface area (Å²) in [5.74, 6) is 0. The summed E-state index contributed by atoms with van der Waals surface area (Å²) in [6.45, 7) is 0. The van der Waals surface area contributed by atoms with E-state index in [1.54, 1.807) is 6.08 Å². The Labute approximate surface area is 55.1 Å². The van der Waals surface area contributed by atoms with Crippen LogP contribution in [0.2, 0.25) is 0 Å². The summed E-state index contributed by atoms with van der Waals surface area (Å²) < 4.78 is 0. The Morgan fingerprint density at radius 3 is 3.00 bits per heavy atom. The van der Waals surface area contributed by atoms with Gasteiger partial charge in [0.05, 0.1) is 0 Å². The van der Waals surface area contributed by atoms with Crippen LogP contribution in [0.5, 0.6) is 0 Å². The molecule has 1 rings (SSSR count).